The molecule has 1 aromatic heterocycles. The van der Waals surface area contributed by atoms with Gasteiger partial charge in [0.25, 0.3) is 0 Å². The minimum absolute atomic E-state index is 0.519. The molecule has 0 radical (unpaired) electrons. The molecule has 1 aliphatic rings. The second-order valence-corrected chi connectivity index (χ2v) is 14.4. The first-order chi connectivity index (χ1) is 27.3. The van der Waals surface area contributed by atoms with Crippen molar-refractivity contribution >= 4 is 49.8 Å². The van der Waals surface area contributed by atoms with Crippen molar-refractivity contribution < 1.29 is 4.42 Å². The van der Waals surface area contributed by atoms with Gasteiger partial charge in [0.05, 0.1) is 16.5 Å². The van der Waals surface area contributed by atoms with Gasteiger partial charge in [-0.25, -0.2) is 0 Å². The maximum atomic E-state index is 6.49. The van der Waals surface area contributed by atoms with E-state index >= 15 is 0 Å². The standard InChI is InChI=1S/C53H35NO/c1-3-19-38(20-4-1)53(39-21-5-2-6-22-39)47-28-11-9-25-44(47)45-33-32-41(35-48(45)53)54(49-29-15-31-51-52(49)46-26-10-12-30-50(46)55-51)40-23-13-18-37(34-40)43-27-14-17-36-16-7-8-24-42(36)43/h1-35H. The molecule has 0 bridgehead atoms. The fourth-order valence-electron chi connectivity index (χ4n) is 9.23. The lowest BCUT2D eigenvalue weighted by atomic mass is 9.67. The van der Waals surface area contributed by atoms with Crippen molar-refractivity contribution in [1.29, 1.82) is 0 Å². The number of benzene rings is 9. The summed E-state index contributed by atoms with van der Waals surface area (Å²) in [5, 5.41) is 4.66. The number of hydrogen-bond donors (Lipinski definition) is 0. The topological polar surface area (TPSA) is 16.4 Å². The van der Waals surface area contributed by atoms with E-state index < -0.39 is 5.41 Å². The average Bonchev–Trinajstić information content (AvgIpc) is 3.79. The highest BCUT2D eigenvalue weighted by molar-refractivity contribution is 6.13. The third-order valence-electron chi connectivity index (χ3n) is 11.5. The predicted molar refractivity (Wildman–Crippen MR) is 229 cm³/mol. The van der Waals surface area contributed by atoms with E-state index in [0.717, 1.165) is 39.0 Å². The summed E-state index contributed by atoms with van der Waals surface area (Å²) in [6.07, 6.45) is 0. The zero-order valence-corrected chi connectivity index (χ0v) is 30.1. The molecule has 0 saturated carbocycles. The Bertz CT molecular complexity index is 3000. The molecule has 0 spiro atoms. The van der Waals surface area contributed by atoms with Crippen LogP contribution >= 0.6 is 0 Å². The smallest absolute Gasteiger partial charge is 0.137 e. The lowest BCUT2D eigenvalue weighted by Crippen LogP contribution is -2.28. The Labute approximate surface area is 320 Å². The van der Waals surface area contributed by atoms with Crippen molar-refractivity contribution in [2.45, 2.75) is 5.41 Å². The molecule has 55 heavy (non-hydrogen) atoms. The molecule has 0 atom stereocenters. The number of anilines is 3. The molecule has 1 heterocycles. The molecule has 0 amide bonds. The first-order valence-corrected chi connectivity index (χ1v) is 18.9. The van der Waals surface area contributed by atoms with Gasteiger partial charge in [0, 0.05) is 16.8 Å². The van der Waals surface area contributed by atoms with Crippen LogP contribution in [0.15, 0.2) is 217 Å². The van der Waals surface area contributed by atoms with Gasteiger partial charge in [0.1, 0.15) is 11.2 Å². The molecule has 0 fully saturated rings. The summed E-state index contributed by atoms with van der Waals surface area (Å²) in [4.78, 5) is 2.43. The number of furan rings is 1. The molecule has 0 N–H and O–H groups in total. The molecule has 0 saturated heterocycles. The van der Waals surface area contributed by atoms with Crippen molar-refractivity contribution in [3.8, 4) is 22.3 Å². The average molecular weight is 702 g/mol. The molecule has 2 nitrogen and oxygen atoms in total. The number of fused-ring (bicyclic) bond motifs is 7. The summed E-state index contributed by atoms with van der Waals surface area (Å²) in [5.41, 5.74) is 14.4. The van der Waals surface area contributed by atoms with Gasteiger partial charge in [-0.2, -0.15) is 0 Å². The first-order valence-electron chi connectivity index (χ1n) is 18.9. The van der Waals surface area contributed by atoms with E-state index in [2.05, 4.69) is 211 Å². The lowest BCUT2D eigenvalue weighted by molar-refractivity contribution is 0.669. The summed E-state index contributed by atoms with van der Waals surface area (Å²) < 4.78 is 6.49. The van der Waals surface area contributed by atoms with Crippen LogP contribution in [0.25, 0.3) is 55.0 Å². The fraction of sp³-hybridized carbons (Fsp3) is 0.0189. The number of nitrogens with zero attached hydrogens (tertiary/aromatic N) is 1. The van der Waals surface area contributed by atoms with E-state index in [1.807, 2.05) is 6.07 Å². The van der Waals surface area contributed by atoms with Gasteiger partial charge in [-0.05, 0) is 97.7 Å². The molecular formula is C53H35NO. The Morgan fingerprint density at radius 3 is 1.82 bits per heavy atom. The van der Waals surface area contributed by atoms with Crippen molar-refractivity contribution in [1.82, 2.24) is 0 Å². The number of rotatable bonds is 6. The number of para-hydroxylation sites is 1. The van der Waals surface area contributed by atoms with Gasteiger partial charge in [-0.3, -0.25) is 0 Å². The normalized spacial score (nSPS) is 12.9. The van der Waals surface area contributed by atoms with E-state index in [1.165, 1.54) is 55.3 Å². The van der Waals surface area contributed by atoms with Crippen molar-refractivity contribution in [3.63, 3.8) is 0 Å². The monoisotopic (exact) mass is 701 g/mol. The minimum atomic E-state index is -0.519. The van der Waals surface area contributed by atoms with Crippen LogP contribution in [0, 0.1) is 0 Å². The molecule has 11 rings (SSSR count). The third kappa shape index (κ3) is 4.75. The SMILES string of the molecule is c1ccc(C2(c3ccccc3)c3ccccc3-c3ccc(N(c4cccc(-c5cccc6ccccc56)c4)c4cccc5oc6ccccc6c45)cc32)cc1. The Morgan fingerprint density at radius 1 is 0.382 bits per heavy atom. The summed E-state index contributed by atoms with van der Waals surface area (Å²) in [7, 11) is 0. The Balaban J connectivity index is 1.21. The van der Waals surface area contributed by atoms with E-state index in [-0.39, 0.29) is 0 Å². The zero-order valence-electron chi connectivity index (χ0n) is 30.1. The molecule has 0 unspecified atom stereocenters. The van der Waals surface area contributed by atoms with Crippen LogP contribution in [-0.4, -0.2) is 0 Å². The second kappa shape index (κ2) is 12.5. The quantitative estimate of drug-likeness (QED) is 0.172. The Hall–Kier alpha value is -7.16. The lowest BCUT2D eigenvalue weighted by Gasteiger charge is -2.35. The molecule has 0 aliphatic heterocycles. The minimum Gasteiger partial charge on any atom is -0.456 e. The summed E-state index contributed by atoms with van der Waals surface area (Å²) in [6, 6.07) is 77.1. The highest BCUT2D eigenvalue weighted by Gasteiger charge is 2.46. The van der Waals surface area contributed by atoms with Crippen molar-refractivity contribution in [3.05, 3.63) is 235 Å². The van der Waals surface area contributed by atoms with E-state index in [9.17, 15) is 0 Å². The zero-order chi connectivity index (χ0) is 36.3. The van der Waals surface area contributed by atoms with Gasteiger partial charge in [-0.1, -0.05) is 170 Å². The Kier molecular flexibility index (Phi) is 7.11. The molecule has 10 aromatic rings. The highest BCUT2D eigenvalue weighted by Crippen LogP contribution is 2.57. The highest BCUT2D eigenvalue weighted by atomic mass is 16.3. The van der Waals surface area contributed by atoms with Gasteiger partial charge in [-0.15, -0.1) is 0 Å². The molecular weight excluding hydrogens is 667 g/mol. The summed E-state index contributed by atoms with van der Waals surface area (Å²) >= 11 is 0. The molecule has 2 heteroatoms. The number of hydrogen-bond acceptors (Lipinski definition) is 2. The van der Waals surface area contributed by atoms with Gasteiger partial charge < -0.3 is 9.32 Å². The van der Waals surface area contributed by atoms with Crippen LogP contribution in [-0.2, 0) is 5.41 Å². The van der Waals surface area contributed by atoms with Crippen LogP contribution in [0.4, 0.5) is 17.1 Å². The Morgan fingerprint density at radius 2 is 0.982 bits per heavy atom. The maximum absolute atomic E-state index is 6.49. The third-order valence-corrected chi connectivity index (χ3v) is 11.5. The van der Waals surface area contributed by atoms with Crippen LogP contribution in [0.3, 0.4) is 0 Å². The largest absolute Gasteiger partial charge is 0.456 e. The second-order valence-electron chi connectivity index (χ2n) is 14.4. The van der Waals surface area contributed by atoms with Gasteiger partial charge in [0.2, 0.25) is 0 Å². The van der Waals surface area contributed by atoms with E-state index in [0.29, 0.717) is 0 Å². The predicted octanol–water partition coefficient (Wildman–Crippen LogP) is 14.2. The summed E-state index contributed by atoms with van der Waals surface area (Å²) in [6.45, 7) is 0. The summed E-state index contributed by atoms with van der Waals surface area (Å²) in [5.74, 6) is 0. The van der Waals surface area contributed by atoms with Crippen molar-refractivity contribution in [2.24, 2.45) is 0 Å². The van der Waals surface area contributed by atoms with Crippen LogP contribution in [0.5, 0.6) is 0 Å². The van der Waals surface area contributed by atoms with E-state index in [4.69, 9.17) is 4.42 Å². The van der Waals surface area contributed by atoms with Gasteiger partial charge >= 0.3 is 0 Å². The first kappa shape index (κ1) is 31.4. The molecule has 1 aliphatic carbocycles. The van der Waals surface area contributed by atoms with Crippen molar-refractivity contribution in [2.75, 3.05) is 4.90 Å². The van der Waals surface area contributed by atoms with Crippen LogP contribution in [0.1, 0.15) is 22.3 Å². The fourth-order valence-corrected chi connectivity index (χ4v) is 9.23. The maximum Gasteiger partial charge on any atom is 0.137 e. The van der Waals surface area contributed by atoms with Crippen LogP contribution < -0.4 is 4.90 Å². The molecule has 9 aromatic carbocycles. The van der Waals surface area contributed by atoms with Crippen LogP contribution in [0.2, 0.25) is 0 Å². The van der Waals surface area contributed by atoms with E-state index in [1.54, 1.807) is 0 Å². The molecule has 258 valence electrons. The van der Waals surface area contributed by atoms with Gasteiger partial charge in [0.15, 0.2) is 0 Å².